The average Bonchev–Trinajstić information content (AvgIpc) is 3.00. The zero-order valence-electron chi connectivity index (χ0n) is 23.3. The van der Waals surface area contributed by atoms with Gasteiger partial charge in [0.05, 0.1) is 42.9 Å². The minimum atomic E-state index is -3.99. The molecule has 1 aliphatic rings. The maximum Gasteiger partial charge on any atom is 0.232 e. The van der Waals surface area contributed by atoms with E-state index in [2.05, 4.69) is 14.7 Å². The van der Waals surface area contributed by atoms with Gasteiger partial charge in [0.1, 0.15) is 30.4 Å². The molecule has 2 aromatic heterocycles. The third-order valence-electron chi connectivity index (χ3n) is 6.77. The highest BCUT2D eigenvalue weighted by Gasteiger charge is 2.26. The van der Waals surface area contributed by atoms with Crippen molar-refractivity contribution in [3.05, 3.63) is 48.5 Å². The van der Waals surface area contributed by atoms with Crippen molar-refractivity contribution in [2.45, 2.75) is 19.4 Å². The molecule has 228 valence electrons. The van der Waals surface area contributed by atoms with Gasteiger partial charge in [-0.25, -0.2) is 37.1 Å². The number of fused-ring (bicyclic) bond motifs is 1. The molecular formula is C28H30F3N7O4S. The van der Waals surface area contributed by atoms with Crippen molar-refractivity contribution in [2.75, 3.05) is 60.8 Å². The number of hydrogen-bond donors (Lipinski definition) is 2. The molecule has 0 saturated carbocycles. The van der Waals surface area contributed by atoms with E-state index in [0.717, 1.165) is 0 Å². The van der Waals surface area contributed by atoms with Crippen molar-refractivity contribution < 1.29 is 31.1 Å². The lowest BCUT2D eigenvalue weighted by Crippen LogP contribution is -2.44. The van der Waals surface area contributed by atoms with Crippen LogP contribution in [0, 0.1) is 5.82 Å². The van der Waals surface area contributed by atoms with Crippen molar-refractivity contribution in [3.63, 3.8) is 0 Å². The number of hydrogen-bond acceptors (Lipinski definition) is 10. The molecule has 0 bridgehead atoms. The maximum atomic E-state index is 15.8. The molecule has 1 aliphatic heterocycles. The molecule has 3 N–H and O–H groups in total. The Labute approximate surface area is 246 Å². The second kappa shape index (κ2) is 13.0. The number of alkyl halides is 2. The van der Waals surface area contributed by atoms with Gasteiger partial charge in [0.15, 0.2) is 11.6 Å². The van der Waals surface area contributed by atoms with Gasteiger partial charge in [-0.3, -0.25) is 9.11 Å². The van der Waals surface area contributed by atoms with Crippen LogP contribution in [0.3, 0.4) is 0 Å². The first-order valence-electron chi connectivity index (χ1n) is 13.5. The Morgan fingerprint density at radius 3 is 2.65 bits per heavy atom. The van der Waals surface area contributed by atoms with Gasteiger partial charge >= 0.3 is 0 Å². The molecule has 0 spiro atoms. The van der Waals surface area contributed by atoms with E-state index < -0.39 is 34.9 Å². The molecule has 0 aliphatic carbocycles. The average molecular weight is 618 g/mol. The first-order valence-corrected chi connectivity index (χ1v) is 15.2. The fourth-order valence-electron chi connectivity index (χ4n) is 4.74. The van der Waals surface area contributed by atoms with Gasteiger partial charge in [0.25, 0.3) is 0 Å². The Morgan fingerprint density at radius 1 is 1.14 bits per heavy atom. The Bertz CT molecular complexity index is 1710. The number of aromatic nitrogens is 4. The van der Waals surface area contributed by atoms with E-state index in [1.165, 1.54) is 36.7 Å². The van der Waals surface area contributed by atoms with Crippen LogP contribution in [0.4, 0.5) is 30.6 Å². The lowest BCUT2D eigenvalue weighted by molar-refractivity contribution is 0.0987. The minimum Gasteiger partial charge on any atom is -0.489 e. The number of nitrogens with one attached hydrogen (secondary N) is 1. The number of anilines is 3. The predicted molar refractivity (Wildman–Crippen MR) is 157 cm³/mol. The van der Waals surface area contributed by atoms with Gasteiger partial charge < -0.3 is 20.1 Å². The number of ether oxygens (including phenoxy) is 2. The summed E-state index contributed by atoms with van der Waals surface area (Å²) in [7, 11) is -3.99. The van der Waals surface area contributed by atoms with E-state index in [-0.39, 0.29) is 47.8 Å². The number of halogens is 3. The van der Waals surface area contributed by atoms with Gasteiger partial charge in [0, 0.05) is 29.9 Å². The number of nitrogen functional groups attached to an aromatic ring is 1. The highest BCUT2D eigenvalue weighted by Crippen LogP contribution is 2.39. The Kier molecular flexibility index (Phi) is 9.11. The number of sulfonamides is 1. The largest absolute Gasteiger partial charge is 0.489 e. The van der Waals surface area contributed by atoms with E-state index in [0.29, 0.717) is 47.6 Å². The van der Waals surface area contributed by atoms with Crippen LogP contribution in [-0.4, -0.2) is 79.9 Å². The predicted octanol–water partition coefficient (Wildman–Crippen LogP) is 4.15. The summed E-state index contributed by atoms with van der Waals surface area (Å²) in [4.78, 5) is 19.7. The van der Waals surface area contributed by atoms with E-state index in [1.54, 1.807) is 6.07 Å². The summed E-state index contributed by atoms with van der Waals surface area (Å²) in [5.74, 6) is -0.319. The fourth-order valence-corrected chi connectivity index (χ4v) is 5.82. The fraction of sp³-hybridized carbons (Fsp3) is 0.357. The van der Waals surface area contributed by atoms with Crippen LogP contribution in [0.15, 0.2) is 42.7 Å². The van der Waals surface area contributed by atoms with Crippen LogP contribution in [0.1, 0.15) is 13.3 Å². The third kappa shape index (κ3) is 6.72. The molecule has 1 fully saturated rings. The van der Waals surface area contributed by atoms with Crippen LogP contribution < -0.4 is 20.1 Å². The van der Waals surface area contributed by atoms with Crippen LogP contribution in [0.2, 0.25) is 0 Å². The van der Waals surface area contributed by atoms with E-state index in [4.69, 9.17) is 25.2 Å². The first-order chi connectivity index (χ1) is 20.7. The van der Waals surface area contributed by atoms with Crippen LogP contribution in [0.5, 0.6) is 5.75 Å². The summed E-state index contributed by atoms with van der Waals surface area (Å²) < 4.78 is 80.1. The summed E-state index contributed by atoms with van der Waals surface area (Å²) in [6.45, 7) is 1.47. The monoisotopic (exact) mass is 617 g/mol. The molecule has 3 heterocycles. The van der Waals surface area contributed by atoms with Crippen molar-refractivity contribution in [3.8, 4) is 28.3 Å². The quantitative estimate of drug-likeness (QED) is 0.252. The van der Waals surface area contributed by atoms with Crippen molar-refractivity contribution >= 4 is 38.4 Å². The zero-order chi connectivity index (χ0) is 30.6. The molecule has 0 radical (unpaired) electrons. The van der Waals surface area contributed by atoms with Gasteiger partial charge in [0.2, 0.25) is 16.0 Å². The lowest BCUT2D eigenvalue weighted by Gasteiger charge is -2.35. The summed E-state index contributed by atoms with van der Waals surface area (Å²) in [5.41, 5.74) is 6.57. The van der Waals surface area contributed by atoms with Crippen LogP contribution in [0.25, 0.3) is 33.4 Å². The van der Waals surface area contributed by atoms with Crippen LogP contribution in [-0.2, 0) is 14.8 Å². The van der Waals surface area contributed by atoms with Crippen molar-refractivity contribution in [1.82, 2.24) is 19.9 Å². The molecule has 43 heavy (non-hydrogen) atoms. The molecule has 1 unspecified atom stereocenters. The summed E-state index contributed by atoms with van der Waals surface area (Å²) in [6, 6.07) is 7.35. The van der Waals surface area contributed by atoms with Gasteiger partial charge in [-0.15, -0.1) is 0 Å². The van der Waals surface area contributed by atoms with E-state index in [1.807, 2.05) is 11.8 Å². The topological polar surface area (TPSA) is 145 Å². The second-order valence-electron chi connectivity index (χ2n) is 9.86. The van der Waals surface area contributed by atoms with Gasteiger partial charge in [-0.05, 0) is 37.1 Å². The molecule has 2 aromatic carbocycles. The summed E-state index contributed by atoms with van der Waals surface area (Å²) in [6.07, 6.45) is 2.76. The molecule has 4 aromatic rings. The first kappa shape index (κ1) is 30.2. The molecule has 1 saturated heterocycles. The highest BCUT2D eigenvalue weighted by atomic mass is 32.2. The molecule has 0 amide bonds. The second-order valence-corrected chi connectivity index (χ2v) is 11.7. The highest BCUT2D eigenvalue weighted by molar-refractivity contribution is 7.92. The molecule has 1 atom stereocenters. The maximum absolute atomic E-state index is 15.8. The van der Waals surface area contributed by atoms with Gasteiger partial charge in [-0.1, -0.05) is 12.1 Å². The van der Waals surface area contributed by atoms with Crippen molar-refractivity contribution in [1.29, 1.82) is 0 Å². The SMILES string of the molecule is CC1COCCN1c1nc(-c2cnc(N)nc2)nc2c(OCCF)cc(-c3cccc(NS(=O)(=O)CCCF)c3F)cc12. The number of nitrogens with two attached hydrogens (primary N) is 1. The number of rotatable bonds is 11. The lowest BCUT2D eigenvalue weighted by atomic mass is 10.0. The van der Waals surface area contributed by atoms with E-state index >= 15 is 4.39 Å². The van der Waals surface area contributed by atoms with Crippen LogP contribution >= 0.6 is 0 Å². The number of nitrogens with zero attached hydrogens (tertiary/aromatic N) is 5. The third-order valence-corrected chi connectivity index (χ3v) is 8.13. The normalized spacial score (nSPS) is 15.5. The zero-order valence-corrected chi connectivity index (χ0v) is 24.1. The minimum absolute atomic E-state index is 0.0506. The number of morpholine rings is 1. The molecular weight excluding hydrogens is 587 g/mol. The summed E-state index contributed by atoms with van der Waals surface area (Å²) in [5, 5.41) is 0.494. The smallest absolute Gasteiger partial charge is 0.232 e. The Morgan fingerprint density at radius 2 is 1.93 bits per heavy atom. The summed E-state index contributed by atoms with van der Waals surface area (Å²) >= 11 is 0. The molecule has 5 rings (SSSR count). The molecule has 11 nitrogen and oxygen atoms in total. The Balaban J connectivity index is 1.71. The van der Waals surface area contributed by atoms with Gasteiger partial charge in [-0.2, -0.15) is 0 Å². The standard InChI is InChI=1S/C28H30F3N7O4S/c1-17-16-41-10-8-38(17)27-21-12-18(20-4-2-5-22(24(20)31)37-43(39,40)11-3-6-29)13-23(42-9-7-30)25(21)35-26(36-27)19-14-33-28(32)34-15-19/h2,4-5,12-15,17,37H,3,6-11,16H2,1H3,(H2,32,33,34). The Hall–Kier alpha value is -4.24. The van der Waals surface area contributed by atoms with E-state index in [9.17, 15) is 17.2 Å². The number of benzene rings is 2. The van der Waals surface area contributed by atoms with Crippen molar-refractivity contribution in [2.24, 2.45) is 0 Å². The molecule has 15 heteroatoms.